The molecule has 0 spiro atoms. The van der Waals surface area contributed by atoms with Crippen LogP contribution in [-0.2, 0) is 4.74 Å². The zero-order valence-corrected chi connectivity index (χ0v) is 12.9. The SMILES string of the molecule is COCCOc1ccccc1C(O)c1ncc(Cl)cc1Cl. The third-order valence-electron chi connectivity index (χ3n) is 2.85. The molecule has 0 aliphatic carbocycles. The zero-order valence-electron chi connectivity index (χ0n) is 11.4. The molecule has 0 aliphatic rings. The van der Waals surface area contributed by atoms with E-state index in [1.54, 1.807) is 25.3 Å². The molecule has 0 radical (unpaired) electrons. The Bertz CT molecular complexity index is 607. The van der Waals surface area contributed by atoms with Crippen molar-refractivity contribution in [1.29, 1.82) is 0 Å². The maximum Gasteiger partial charge on any atom is 0.126 e. The summed E-state index contributed by atoms with van der Waals surface area (Å²) in [6, 6.07) is 8.72. The molecule has 1 aromatic heterocycles. The second-order valence-electron chi connectivity index (χ2n) is 4.30. The van der Waals surface area contributed by atoms with Crippen LogP contribution in [-0.4, -0.2) is 30.4 Å². The summed E-state index contributed by atoms with van der Waals surface area (Å²) in [4.78, 5) is 4.10. The smallest absolute Gasteiger partial charge is 0.126 e. The van der Waals surface area contributed by atoms with Crippen LogP contribution in [0.1, 0.15) is 17.4 Å². The summed E-state index contributed by atoms with van der Waals surface area (Å²) in [5, 5.41) is 11.2. The van der Waals surface area contributed by atoms with Crippen LogP contribution in [0.15, 0.2) is 36.5 Å². The standard InChI is InChI=1S/C15H15Cl2NO3/c1-20-6-7-21-13-5-3-2-4-11(13)15(19)14-12(17)8-10(16)9-18-14/h2-5,8-9,15,19H,6-7H2,1H3. The molecule has 0 saturated carbocycles. The maximum atomic E-state index is 10.5. The van der Waals surface area contributed by atoms with Gasteiger partial charge in [0.05, 0.1) is 22.3 Å². The highest BCUT2D eigenvalue weighted by atomic mass is 35.5. The van der Waals surface area contributed by atoms with Crippen LogP contribution < -0.4 is 4.74 Å². The van der Waals surface area contributed by atoms with E-state index in [1.807, 2.05) is 12.1 Å². The molecule has 21 heavy (non-hydrogen) atoms. The Morgan fingerprint density at radius 2 is 2.00 bits per heavy atom. The van der Waals surface area contributed by atoms with Gasteiger partial charge >= 0.3 is 0 Å². The number of hydrogen-bond donors (Lipinski definition) is 1. The van der Waals surface area contributed by atoms with E-state index in [9.17, 15) is 5.11 Å². The van der Waals surface area contributed by atoms with Crippen molar-refractivity contribution in [2.75, 3.05) is 20.3 Å². The van der Waals surface area contributed by atoms with Crippen LogP contribution in [0.3, 0.4) is 0 Å². The number of nitrogens with zero attached hydrogens (tertiary/aromatic N) is 1. The van der Waals surface area contributed by atoms with Crippen molar-refractivity contribution in [3.05, 3.63) is 57.8 Å². The number of para-hydroxylation sites is 1. The Labute approximate surface area is 133 Å². The van der Waals surface area contributed by atoms with E-state index in [1.165, 1.54) is 6.20 Å². The second kappa shape index (κ2) is 7.61. The molecule has 0 amide bonds. The Morgan fingerprint density at radius 1 is 1.24 bits per heavy atom. The summed E-state index contributed by atoms with van der Waals surface area (Å²) in [5.74, 6) is 0.565. The molecule has 1 unspecified atom stereocenters. The van der Waals surface area contributed by atoms with E-state index < -0.39 is 6.10 Å². The van der Waals surface area contributed by atoms with Crippen LogP contribution in [0.4, 0.5) is 0 Å². The number of halogens is 2. The normalized spacial score (nSPS) is 12.2. The Hall–Kier alpha value is -1.33. The molecule has 0 bridgehead atoms. The topological polar surface area (TPSA) is 51.6 Å². The molecule has 0 saturated heterocycles. The maximum absolute atomic E-state index is 10.5. The number of methoxy groups -OCH3 is 1. The van der Waals surface area contributed by atoms with Gasteiger partial charge in [0, 0.05) is 18.9 Å². The largest absolute Gasteiger partial charge is 0.491 e. The number of pyridine rings is 1. The quantitative estimate of drug-likeness (QED) is 0.825. The fourth-order valence-electron chi connectivity index (χ4n) is 1.85. The monoisotopic (exact) mass is 327 g/mol. The fourth-order valence-corrected chi connectivity index (χ4v) is 2.33. The van der Waals surface area contributed by atoms with E-state index >= 15 is 0 Å². The molecule has 0 fully saturated rings. The lowest BCUT2D eigenvalue weighted by Gasteiger charge is -2.16. The first kappa shape index (κ1) is 16.0. The van der Waals surface area contributed by atoms with E-state index in [2.05, 4.69) is 4.98 Å². The van der Waals surface area contributed by atoms with Gasteiger partial charge in [-0.3, -0.25) is 4.98 Å². The molecular formula is C15H15Cl2NO3. The molecule has 1 heterocycles. The van der Waals surface area contributed by atoms with Gasteiger partial charge in [-0.2, -0.15) is 0 Å². The molecule has 1 N–H and O–H groups in total. The second-order valence-corrected chi connectivity index (χ2v) is 5.15. The number of aliphatic hydroxyl groups is 1. The average Bonchev–Trinajstić information content (AvgIpc) is 2.47. The molecule has 4 nitrogen and oxygen atoms in total. The minimum atomic E-state index is -0.992. The molecule has 112 valence electrons. The highest BCUT2D eigenvalue weighted by Gasteiger charge is 2.19. The molecule has 6 heteroatoms. The summed E-state index contributed by atoms with van der Waals surface area (Å²) in [6.45, 7) is 0.854. The summed E-state index contributed by atoms with van der Waals surface area (Å²) in [6.07, 6.45) is 0.453. The van der Waals surface area contributed by atoms with Gasteiger partial charge < -0.3 is 14.6 Å². The lowest BCUT2D eigenvalue weighted by atomic mass is 10.0. The average molecular weight is 328 g/mol. The predicted molar refractivity (Wildman–Crippen MR) is 82.1 cm³/mol. The number of aliphatic hydroxyl groups excluding tert-OH is 1. The Morgan fingerprint density at radius 3 is 2.71 bits per heavy atom. The number of benzene rings is 1. The minimum absolute atomic E-state index is 0.307. The number of hydrogen-bond acceptors (Lipinski definition) is 4. The van der Waals surface area contributed by atoms with Crippen LogP contribution in [0.5, 0.6) is 5.75 Å². The highest BCUT2D eigenvalue weighted by molar-refractivity contribution is 6.34. The van der Waals surface area contributed by atoms with Crippen molar-refractivity contribution in [3.8, 4) is 5.75 Å². The number of ether oxygens (including phenoxy) is 2. The zero-order chi connectivity index (χ0) is 15.2. The minimum Gasteiger partial charge on any atom is -0.491 e. The van der Waals surface area contributed by atoms with E-state index in [0.717, 1.165) is 0 Å². The third-order valence-corrected chi connectivity index (χ3v) is 3.36. The first-order chi connectivity index (χ1) is 10.1. The summed E-state index contributed by atoms with van der Waals surface area (Å²) in [7, 11) is 1.60. The first-order valence-corrected chi connectivity index (χ1v) is 7.08. The Kier molecular flexibility index (Phi) is 5.82. The third kappa shape index (κ3) is 4.08. The molecule has 2 aromatic rings. The first-order valence-electron chi connectivity index (χ1n) is 6.33. The fraction of sp³-hybridized carbons (Fsp3) is 0.267. The van der Waals surface area contributed by atoms with Gasteiger partial charge in [-0.25, -0.2) is 0 Å². The van der Waals surface area contributed by atoms with Crippen molar-refractivity contribution in [2.24, 2.45) is 0 Å². The van der Waals surface area contributed by atoms with Crippen LogP contribution >= 0.6 is 23.2 Å². The summed E-state index contributed by atoms with van der Waals surface area (Å²) < 4.78 is 10.5. The van der Waals surface area contributed by atoms with Crippen molar-refractivity contribution in [3.63, 3.8) is 0 Å². The Balaban J connectivity index is 2.27. The van der Waals surface area contributed by atoms with Gasteiger partial charge in [0.15, 0.2) is 0 Å². The molecule has 1 aromatic carbocycles. The van der Waals surface area contributed by atoms with Gasteiger partial charge in [-0.05, 0) is 12.1 Å². The van der Waals surface area contributed by atoms with Crippen molar-refractivity contribution in [2.45, 2.75) is 6.10 Å². The van der Waals surface area contributed by atoms with Gasteiger partial charge in [0.1, 0.15) is 18.5 Å². The number of aromatic nitrogens is 1. The van der Waals surface area contributed by atoms with Crippen molar-refractivity contribution in [1.82, 2.24) is 4.98 Å². The van der Waals surface area contributed by atoms with Crippen LogP contribution in [0, 0.1) is 0 Å². The van der Waals surface area contributed by atoms with Gasteiger partial charge in [-0.1, -0.05) is 41.4 Å². The van der Waals surface area contributed by atoms with E-state index in [0.29, 0.717) is 40.3 Å². The lowest BCUT2D eigenvalue weighted by Crippen LogP contribution is -2.09. The molecule has 0 aliphatic heterocycles. The van der Waals surface area contributed by atoms with Gasteiger partial charge in [-0.15, -0.1) is 0 Å². The van der Waals surface area contributed by atoms with Crippen LogP contribution in [0.25, 0.3) is 0 Å². The van der Waals surface area contributed by atoms with Gasteiger partial charge in [0.25, 0.3) is 0 Å². The summed E-state index contributed by atoms with van der Waals surface area (Å²) >= 11 is 11.9. The van der Waals surface area contributed by atoms with Crippen LogP contribution in [0.2, 0.25) is 10.0 Å². The lowest BCUT2D eigenvalue weighted by molar-refractivity contribution is 0.142. The van der Waals surface area contributed by atoms with Crippen molar-refractivity contribution >= 4 is 23.2 Å². The van der Waals surface area contributed by atoms with E-state index in [4.69, 9.17) is 32.7 Å². The molecule has 1 atom stereocenters. The highest BCUT2D eigenvalue weighted by Crippen LogP contribution is 2.33. The molecule has 2 rings (SSSR count). The number of rotatable bonds is 6. The van der Waals surface area contributed by atoms with Crippen molar-refractivity contribution < 1.29 is 14.6 Å². The van der Waals surface area contributed by atoms with Gasteiger partial charge in [0.2, 0.25) is 0 Å². The summed E-state index contributed by atoms with van der Waals surface area (Å²) in [5.41, 5.74) is 0.925. The molecular weight excluding hydrogens is 313 g/mol. The predicted octanol–water partition coefficient (Wildman–Crippen LogP) is 3.50. The van der Waals surface area contributed by atoms with E-state index in [-0.39, 0.29) is 0 Å².